The Morgan fingerprint density at radius 2 is 1.62 bits per heavy atom. The second-order valence-electron chi connectivity index (χ2n) is 5.28. The van der Waals surface area contributed by atoms with Crippen LogP contribution in [-0.2, 0) is 0 Å². The van der Waals surface area contributed by atoms with Gasteiger partial charge in [0.2, 0.25) is 0 Å². The zero-order valence-corrected chi connectivity index (χ0v) is 13.1. The molecule has 1 unspecified atom stereocenters. The molecular formula is C17H16BrNO2. The monoisotopic (exact) mass is 345 g/mol. The maximum atomic E-state index is 12.3. The second kappa shape index (κ2) is 6.00. The van der Waals surface area contributed by atoms with Crippen LogP contribution in [0.15, 0.2) is 53.0 Å². The number of amides is 1. The third-order valence-electron chi connectivity index (χ3n) is 3.76. The highest BCUT2D eigenvalue weighted by molar-refractivity contribution is 9.10. The summed E-state index contributed by atoms with van der Waals surface area (Å²) >= 11 is 3.42. The molecule has 1 atom stereocenters. The molecule has 1 heterocycles. The van der Waals surface area contributed by atoms with Gasteiger partial charge in [0.25, 0.3) is 5.91 Å². The Balaban J connectivity index is 1.77. The van der Waals surface area contributed by atoms with E-state index >= 15 is 0 Å². The molecular weight excluding hydrogens is 330 g/mol. The number of hydrogen-bond acceptors (Lipinski definition) is 2. The number of likely N-dealkylation sites (tertiary alicyclic amines) is 1. The first-order valence-corrected chi connectivity index (χ1v) is 7.76. The van der Waals surface area contributed by atoms with E-state index in [4.69, 9.17) is 0 Å². The first-order valence-electron chi connectivity index (χ1n) is 6.97. The van der Waals surface area contributed by atoms with E-state index in [1.807, 2.05) is 48.5 Å². The Bertz CT molecular complexity index is 637. The van der Waals surface area contributed by atoms with Crippen LogP contribution in [0, 0.1) is 0 Å². The summed E-state index contributed by atoms with van der Waals surface area (Å²) in [6.45, 7) is 1.07. The van der Waals surface area contributed by atoms with Gasteiger partial charge in [0.05, 0.1) is 6.10 Å². The molecule has 2 aromatic rings. The van der Waals surface area contributed by atoms with Gasteiger partial charge in [-0.1, -0.05) is 40.2 Å². The van der Waals surface area contributed by atoms with E-state index in [-0.39, 0.29) is 12.0 Å². The van der Waals surface area contributed by atoms with Gasteiger partial charge in [0.15, 0.2) is 0 Å². The minimum Gasteiger partial charge on any atom is -0.391 e. The number of nitrogens with zero attached hydrogens (tertiary/aromatic N) is 1. The van der Waals surface area contributed by atoms with E-state index in [0.29, 0.717) is 25.1 Å². The predicted octanol–water partition coefficient (Wildman–Crippen LogP) is 3.32. The summed E-state index contributed by atoms with van der Waals surface area (Å²) in [7, 11) is 0. The standard InChI is InChI=1S/C17H16BrNO2/c18-15-7-5-13(6-8-15)12-1-3-14(4-2-12)17(21)19-10-9-16(20)11-19/h1-8,16,20H,9-11H2. The van der Waals surface area contributed by atoms with Crippen LogP contribution in [0.3, 0.4) is 0 Å². The van der Waals surface area contributed by atoms with Crippen LogP contribution in [0.25, 0.3) is 11.1 Å². The number of aliphatic hydroxyl groups is 1. The first kappa shape index (κ1) is 14.3. The van der Waals surface area contributed by atoms with Gasteiger partial charge in [-0.3, -0.25) is 4.79 Å². The molecule has 2 aromatic carbocycles. The number of carbonyl (C=O) groups excluding carboxylic acids is 1. The lowest BCUT2D eigenvalue weighted by molar-refractivity contribution is 0.0765. The Morgan fingerprint density at radius 1 is 1.05 bits per heavy atom. The molecule has 3 rings (SSSR count). The largest absolute Gasteiger partial charge is 0.391 e. The molecule has 0 saturated carbocycles. The molecule has 1 amide bonds. The number of hydrogen-bond donors (Lipinski definition) is 1. The number of aliphatic hydroxyl groups excluding tert-OH is 1. The quantitative estimate of drug-likeness (QED) is 0.906. The molecule has 21 heavy (non-hydrogen) atoms. The van der Waals surface area contributed by atoms with Gasteiger partial charge in [-0.05, 0) is 41.8 Å². The van der Waals surface area contributed by atoms with Crippen molar-refractivity contribution >= 4 is 21.8 Å². The van der Waals surface area contributed by atoms with Gasteiger partial charge in [-0.25, -0.2) is 0 Å². The fraction of sp³-hybridized carbons (Fsp3) is 0.235. The maximum absolute atomic E-state index is 12.3. The highest BCUT2D eigenvalue weighted by Gasteiger charge is 2.25. The second-order valence-corrected chi connectivity index (χ2v) is 6.19. The Kier molecular flexibility index (Phi) is 4.08. The van der Waals surface area contributed by atoms with E-state index in [0.717, 1.165) is 15.6 Å². The molecule has 0 spiro atoms. The summed E-state index contributed by atoms with van der Waals surface area (Å²) in [5, 5.41) is 9.51. The summed E-state index contributed by atoms with van der Waals surface area (Å²) in [6, 6.07) is 15.7. The summed E-state index contributed by atoms with van der Waals surface area (Å²) in [5.74, 6) is -0.00564. The Labute approximate surface area is 132 Å². The van der Waals surface area contributed by atoms with Gasteiger partial charge in [-0.15, -0.1) is 0 Å². The summed E-state index contributed by atoms with van der Waals surface area (Å²) < 4.78 is 1.05. The van der Waals surface area contributed by atoms with Crippen LogP contribution in [0.1, 0.15) is 16.8 Å². The van der Waals surface area contributed by atoms with Crippen LogP contribution in [0.4, 0.5) is 0 Å². The molecule has 1 saturated heterocycles. The lowest BCUT2D eigenvalue weighted by atomic mass is 10.0. The number of carbonyl (C=O) groups is 1. The highest BCUT2D eigenvalue weighted by atomic mass is 79.9. The van der Waals surface area contributed by atoms with E-state index in [1.54, 1.807) is 4.90 Å². The van der Waals surface area contributed by atoms with Crippen molar-refractivity contribution in [1.29, 1.82) is 0 Å². The molecule has 4 heteroatoms. The van der Waals surface area contributed by atoms with Crippen molar-refractivity contribution < 1.29 is 9.90 Å². The van der Waals surface area contributed by atoms with Crippen molar-refractivity contribution in [1.82, 2.24) is 4.90 Å². The molecule has 1 aliphatic heterocycles. The van der Waals surface area contributed by atoms with Gasteiger partial charge in [0.1, 0.15) is 0 Å². The molecule has 1 aliphatic rings. The van der Waals surface area contributed by atoms with Crippen molar-refractivity contribution in [3.05, 3.63) is 58.6 Å². The molecule has 0 aliphatic carbocycles. The zero-order valence-electron chi connectivity index (χ0n) is 11.5. The van der Waals surface area contributed by atoms with E-state index in [1.165, 1.54) is 0 Å². The maximum Gasteiger partial charge on any atom is 0.253 e. The topological polar surface area (TPSA) is 40.5 Å². The van der Waals surface area contributed by atoms with Crippen LogP contribution in [0.2, 0.25) is 0 Å². The molecule has 1 N–H and O–H groups in total. The van der Waals surface area contributed by atoms with Gasteiger partial charge < -0.3 is 10.0 Å². The smallest absolute Gasteiger partial charge is 0.253 e. The molecule has 0 bridgehead atoms. The molecule has 108 valence electrons. The van der Waals surface area contributed by atoms with E-state index in [9.17, 15) is 9.90 Å². The lowest BCUT2D eigenvalue weighted by Gasteiger charge is -2.15. The SMILES string of the molecule is O=C(c1ccc(-c2ccc(Br)cc2)cc1)N1CCC(O)C1. The van der Waals surface area contributed by atoms with Crippen LogP contribution in [-0.4, -0.2) is 35.1 Å². The van der Waals surface area contributed by atoms with Crippen LogP contribution >= 0.6 is 15.9 Å². The number of halogens is 1. The minimum atomic E-state index is -0.379. The average Bonchev–Trinajstić information content (AvgIpc) is 2.94. The highest BCUT2D eigenvalue weighted by Crippen LogP contribution is 2.23. The van der Waals surface area contributed by atoms with Gasteiger partial charge in [0, 0.05) is 23.1 Å². The molecule has 1 fully saturated rings. The average molecular weight is 346 g/mol. The van der Waals surface area contributed by atoms with Crippen molar-refractivity contribution in [2.45, 2.75) is 12.5 Å². The summed E-state index contributed by atoms with van der Waals surface area (Å²) in [5.41, 5.74) is 2.87. The Hall–Kier alpha value is -1.65. The fourth-order valence-corrected chi connectivity index (χ4v) is 2.82. The van der Waals surface area contributed by atoms with Crippen molar-refractivity contribution in [2.24, 2.45) is 0 Å². The van der Waals surface area contributed by atoms with Crippen molar-refractivity contribution in [3.63, 3.8) is 0 Å². The van der Waals surface area contributed by atoms with E-state index < -0.39 is 0 Å². The van der Waals surface area contributed by atoms with E-state index in [2.05, 4.69) is 15.9 Å². The third kappa shape index (κ3) is 3.17. The Morgan fingerprint density at radius 3 is 2.14 bits per heavy atom. The predicted molar refractivity (Wildman–Crippen MR) is 86.1 cm³/mol. The zero-order chi connectivity index (χ0) is 14.8. The number of benzene rings is 2. The number of rotatable bonds is 2. The van der Waals surface area contributed by atoms with Crippen molar-refractivity contribution in [2.75, 3.05) is 13.1 Å². The number of β-amino-alcohol motifs (C(OH)–C–C–N with tert-alkyl or cyclic N) is 1. The lowest BCUT2D eigenvalue weighted by Crippen LogP contribution is -2.29. The fourth-order valence-electron chi connectivity index (χ4n) is 2.56. The molecule has 0 aromatic heterocycles. The first-order chi connectivity index (χ1) is 10.1. The van der Waals surface area contributed by atoms with Gasteiger partial charge >= 0.3 is 0 Å². The van der Waals surface area contributed by atoms with Crippen LogP contribution < -0.4 is 0 Å². The van der Waals surface area contributed by atoms with Gasteiger partial charge in [-0.2, -0.15) is 0 Å². The normalized spacial score (nSPS) is 18.0. The molecule has 0 radical (unpaired) electrons. The van der Waals surface area contributed by atoms with Crippen LogP contribution in [0.5, 0.6) is 0 Å². The minimum absolute atomic E-state index is 0.00564. The third-order valence-corrected chi connectivity index (χ3v) is 4.29. The molecule has 3 nitrogen and oxygen atoms in total. The summed E-state index contributed by atoms with van der Waals surface area (Å²) in [4.78, 5) is 14.0. The van der Waals surface area contributed by atoms with Crippen molar-refractivity contribution in [3.8, 4) is 11.1 Å². The summed E-state index contributed by atoms with van der Waals surface area (Å²) in [6.07, 6.45) is 0.291.